The molecule has 0 aliphatic carbocycles. The van der Waals surface area contributed by atoms with Crippen molar-refractivity contribution in [2.75, 3.05) is 0 Å². The van der Waals surface area contributed by atoms with Crippen LogP contribution in [0.15, 0.2) is 164 Å². The minimum absolute atomic E-state index is 0.646. The fourth-order valence-electron chi connectivity index (χ4n) is 7.08. The maximum Gasteiger partial charge on any atom is 0.164 e. The summed E-state index contributed by atoms with van der Waals surface area (Å²) in [6, 6.07) is 57.9. The van der Waals surface area contributed by atoms with Crippen molar-refractivity contribution in [2.45, 2.75) is 0 Å². The molecule has 10 aromatic rings. The summed E-state index contributed by atoms with van der Waals surface area (Å²) in [7, 11) is 0. The molecule has 0 unspecified atom stereocenters. The van der Waals surface area contributed by atoms with E-state index in [1.54, 1.807) is 0 Å². The molecule has 0 atom stereocenters. The predicted octanol–water partition coefficient (Wildman–Crippen LogP) is 12.9. The Bertz CT molecular complexity index is 2810. The lowest BCUT2D eigenvalue weighted by atomic mass is 9.87. The zero-order chi connectivity index (χ0) is 33.0. The summed E-state index contributed by atoms with van der Waals surface area (Å²) in [5.74, 6) is 1.94. The molecule has 0 bridgehead atoms. The number of hydrogen-bond acceptors (Lipinski definition) is 5. The van der Waals surface area contributed by atoms with E-state index in [2.05, 4.69) is 127 Å². The monoisotopic (exact) mass is 673 g/mol. The molecule has 10 rings (SSSR count). The van der Waals surface area contributed by atoms with E-state index >= 15 is 0 Å². The molecule has 0 radical (unpaired) electrons. The predicted molar refractivity (Wildman–Crippen MR) is 213 cm³/mol. The van der Waals surface area contributed by atoms with Gasteiger partial charge in [0.15, 0.2) is 17.5 Å². The zero-order valence-corrected chi connectivity index (χ0v) is 28.4. The molecule has 5 heteroatoms. The second kappa shape index (κ2) is 11.8. The molecule has 0 saturated heterocycles. The van der Waals surface area contributed by atoms with Gasteiger partial charge in [-0.3, -0.25) is 0 Å². The van der Waals surface area contributed by atoms with Gasteiger partial charge in [0.2, 0.25) is 0 Å². The van der Waals surface area contributed by atoms with Gasteiger partial charge in [-0.15, -0.1) is 22.7 Å². The third-order valence-electron chi connectivity index (χ3n) is 9.36. The number of nitrogens with zero attached hydrogens (tertiary/aromatic N) is 3. The topological polar surface area (TPSA) is 38.7 Å². The van der Waals surface area contributed by atoms with Gasteiger partial charge < -0.3 is 0 Å². The zero-order valence-electron chi connectivity index (χ0n) is 26.7. The molecule has 3 heterocycles. The summed E-state index contributed by atoms with van der Waals surface area (Å²) >= 11 is 3.68. The number of rotatable bonds is 5. The summed E-state index contributed by atoms with van der Waals surface area (Å²) in [6.45, 7) is 0. The Balaban J connectivity index is 1.30. The van der Waals surface area contributed by atoms with Crippen LogP contribution in [-0.4, -0.2) is 15.0 Å². The van der Waals surface area contributed by atoms with Gasteiger partial charge in [0.25, 0.3) is 0 Å². The smallest absolute Gasteiger partial charge is 0.164 e. The quantitative estimate of drug-likeness (QED) is 0.182. The van der Waals surface area contributed by atoms with Crippen molar-refractivity contribution in [1.82, 2.24) is 15.0 Å². The minimum atomic E-state index is 0.646. The molecule has 0 saturated carbocycles. The maximum absolute atomic E-state index is 5.22. The Labute approximate surface area is 296 Å². The average molecular weight is 674 g/mol. The average Bonchev–Trinajstić information content (AvgIpc) is 3.76. The van der Waals surface area contributed by atoms with E-state index in [1.165, 1.54) is 45.9 Å². The van der Waals surface area contributed by atoms with Crippen LogP contribution in [0.25, 0.3) is 96.8 Å². The highest BCUT2D eigenvalue weighted by atomic mass is 32.1. The van der Waals surface area contributed by atoms with Crippen molar-refractivity contribution in [3.63, 3.8) is 0 Å². The Morgan fingerprint density at radius 1 is 0.320 bits per heavy atom. The van der Waals surface area contributed by atoms with Gasteiger partial charge in [0.05, 0.1) is 0 Å². The molecule has 3 nitrogen and oxygen atoms in total. The molecule has 50 heavy (non-hydrogen) atoms. The van der Waals surface area contributed by atoms with Crippen molar-refractivity contribution < 1.29 is 0 Å². The first kappa shape index (κ1) is 29.0. The van der Waals surface area contributed by atoms with Crippen LogP contribution < -0.4 is 0 Å². The van der Waals surface area contributed by atoms with Crippen molar-refractivity contribution in [1.29, 1.82) is 0 Å². The standard InChI is InChI=1S/C45H27N3S2/c1-3-13-28(14-4-1)43-46-44(29-15-5-2-6-16-29)48-45(47-43)35-21-11-19-31(30-25-26-39-36(27-30)32-17-7-9-22-37(32)49-39)41(35)34-20-12-24-40-42(34)33-18-8-10-23-38(33)50-40/h1-27H. The first-order valence-corrected chi connectivity index (χ1v) is 18.2. The first-order valence-electron chi connectivity index (χ1n) is 16.6. The third kappa shape index (κ3) is 4.82. The van der Waals surface area contributed by atoms with Crippen molar-refractivity contribution in [3.05, 3.63) is 164 Å². The molecular formula is C45H27N3S2. The molecule has 0 aliphatic rings. The molecule has 0 N–H and O–H groups in total. The van der Waals surface area contributed by atoms with E-state index in [0.717, 1.165) is 33.4 Å². The van der Waals surface area contributed by atoms with Gasteiger partial charge in [-0.1, -0.05) is 133 Å². The SMILES string of the molecule is c1ccc(-c2nc(-c3ccccc3)nc(-c3cccc(-c4ccc5sc6ccccc6c5c4)c3-c3cccc4sc5ccccc5c34)n2)cc1. The first-order chi connectivity index (χ1) is 24.8. The van der Waals surface area contributed by atoms with E-state index in [9.17, 15) is 0 Å². The fourth-order valence-corrected chi connectivity index (χ4v) is 9.29. The molecule has 0 fully saturated rings. The van der Waals surface area contributed by atoms with E-state index < -0.39 is 0 Å². The molecule has 0 aliphatic heterocycles. The Morgan fingerprint density at radius 3 is 1.58 bits per heavy atom. The second-order valence-corrected chi connectivity index (χ2v) is 14.5. The fraction of sp³-hybridized carbons (Fsp3) is 0. The lowest BCUT2D eigenvalue weighted by molar-refractivity contribution is 1.07. The highest BCUT2D eigenvalue weighted by Gasteiger charge is 2.22. The summed E-state index contributed by atoms with van der Waals surface area (Å²) in [6.07, 6.45) is 0. The van der Waals surface area contributed by atoms with E-state index in [0.29, 0.717) is 17.5 Å². The number of hydrogen-bond donors (Lipinski definition) is 0. The lowest BCUT2D eigenvalue weighted by Gasteiger charge is -2.17. The summed E-state index contributed by atoms with van der Waals surface area (Å²) in [5, 5.41) is 5.07. The van der Waals surface area contributed by atoms with Crippen LogP contribution in [0.5, 0.6) is 0 Å². The van der Waals surface area contributed by atoms with Crippen LogP contribution in [0, 0.1) is 0 Å². The molecule has 7 aromatic carbocycles. The normalized spacial score (nSPS) is 11.6. The van der Waals surface area contributed by atoms with Gasteiger partial charge in [0, 0.05) is 62.6 Å². The molecule has 3 aromatic heterocycles. The number of fused-ring (bicyclic) bond motifs is 6. The van der Waals surface area contributed by atoms with Gasteiger partial charge in [-0.2, -0.15) is 0 Å². The Morgan fingerprint density at radius 2 is 0.840 bits per heavy atom. The van der Waals surface area contributed by atoms with E-state index in [4.69, 9.17) is 15.0 Å². The molecular weight excluding hydrogens is 647 g/mol. The maximum atomic E-state index is 5.22. The van der Waals surface area contributed by atoms with Crippen molar-refractivity contribution >= 4 is 63.0 Å². The van der Waals surface area contributed by atoms with E-state index in [-0.39, 0.29) is 0 Å². The Kier molecular flexibility index (Phi) is 6.86. The van der Waals surface area contributed by atoms with Gasteiger partial charge in [-0.25, -0.2) is 15.0 Å². The van der Waals surface area contributed by atoms with Gasteiger partial charge in [0.1, 0.15) is 0 Å². The molecule has 0 spiro atoms. The number of aromatic nitrogens is 3. The van der Waals surface area contributed by atoms with Crippen LogP contribution in [0.2, 0.25) is 0 Å². The van der Waals surface area contributed by atoms with Gasteiger partial charge >= 0.3 is 0 Å². The second-order valence-electron chi connectivity index (χ2n) is 12.4. The molecule has 0 amide bonds. The third-order valence-corrected chi connectivity index (χ3v) is 11.7. The van der Waals surface area contributed by atoms with Crippen molar-refractivity contribution in [2.24, 2.45) is 0 Å². The van der Waals surface area contributed by atoms with Crippen LogP contribution in [-0.2, 0) is 0 Å². The van der Waals surface area contributed by atoms with Crippen LogP contribution in [0.1, 0.15) is 0 Å². The minimum Gasteiger partial charge on any atom is -0.208 e. The van der Waals surface area contributed by atoms with Crippen LogP contribution >= 0.6 is 22.7 Å². The number of thiophene rings is 2. The summed E-state index contributed by atoms with van der Waals surface area (Å²) < 4.78 is 5.12. The highest BCUT2D eigenvalue weighted by Crippen LogP contribution is 2.47. The lowest BCUT2D eigenvalue weighted by Crippen LogP contribution is -2.01. The van der Waals surface area contributed by atoms with Crippen molar-refractivity contribution in [3.8, 4) is 56.4 Å². The summed E-state index contributed by atoms with van der Waals surface area (Å²) in [4.78, 5) is 15.4. The Hall–Kier alpha value is -6.01. The number of benzene rings is 7. The van der Waals surface area contributed by atoms with Crippen LogP contribution in [0.3, 0.4) is 0 Å². The van der Waals surface area contributed by atoms with Gasteiger partial charge in [-0.05, 0) is 47.0 Å². The largest absolute Gasteiger partial charge is 0.208 e. The summed E-state index contributed by atoms with van der Waals surface area (Å²) in [5.41, 5.74) is 7.46. The van der Waals surface area contributed by atoms with Crippen LogP contribution in [0.4, 0.5) is 0 Å². The van der Waals surface area contributed by atoms with E-state index in [1.807, 2.05) is 59.1 Å². The molecule has 234 valence electrons. The highest BCUT2D eigenvalue weighted by molar-refractivity contribution is 7.26.